The molecular weight excluding hydrogens is 576 g/mol. The summed E-state index contributed by atoms with van der Waals surface area (Å²) in [6.45, 7) is 0. The zero-order valence-corrected chi connectivity index (χ0v) is 23.2. The smallest absolute Gasteiger partial charge is 0.355 e. The number of hydrogen-bond acceptors (Lipinski definition) is 9. The van der Waals surface area contributed by atoms with Crippen molar-refractivity contribution in [3.63, 3.8) is 0 Å². The molecule has 1 heterocycles. The van der Waals surface area contributed by atoms with Crippen LogP contribution in [0.1, 0.15) is 10.5 Å². The summed E-state index contributed by atoms with van der Waals surface area (Å²) >= 11 is 3.48. The van der Waals surface area contributed by atoms with Crippen LogP contribution in [-0.2, 0) is 4.74 Å². The molecule has 4 aromatic rings. The Morgan fingerprint density at radius 1 is 0.872 bits per heavy atom. The number of halogens is 1. The topological polar surface area (TPSA) is 128 Å². The van der Waals surface area contributed by atoms with Crippen LogP contribution in [0, 0.1) is 10.1 Å². The van der Waals surface area contributed by atoms with E-state index in [1.807, 2.05) is 0 Å². The molecule has 0 saturated heterocycles. The van der Waals surface area contributed by atoms with Crippen LogP contribution >= 0.6 is 15.9 Å². The molecule has 39 heavy (non-hydrogen) atoms. The van der Waals surface area contributed by atoms with Gasteiger partial charge in [-0.25, -0.2) is 4.79 Å². The lowest BCUT2D eigenvalue weighted by atomic mass is 9.95. The zero-order valence-electron chi connectivity index (χ0n) is 21.6. The number of benzene rings is 3. The second kappa shape index (κ2) is 11.0. The maximum absolute atomic E-state index is 14.0. The van der Waals surface area contributed by atoms with Crippen molar-refractivity contribution in [1.29, 1.82) is 0 Å². The van der Waals surface area contributed by atoms with Gasteiger partial charge in [0.15, 0.2) is 23.0 Å². The van der Waals surface area contributed by atoms with Crippen LogP contribution in [0.4, 0.5) is 5.69 Å². The van der Waals surface area contributed by atoms with Crippen LogP contribution in [-0.4, -0.2) is 51.0 Å². The number of pyridine rings is 1. The third-order valence-corrected chi connectivity index (χ3v) is 6.68. The number of methoxy groups -OCH3 is 5. The fraction of sp³-hybridized carbons (Fsp3) is 0.185. The quantitative estimate of drug-likeness (QED) is 0.153. The number of aromatic nitrogens is 1. The van der Waals surface area contributed by atoms with Gasteiger partial charge in [0.25, 0.3) is 11.2 Å². The Bertz CT molecular complexity index is 1680. The average molecular weight is 599 g/mol. The molecule has 0 aliphatic rings. The number of rotatable bonds is 8. The highest BCUT2D eigenvalue weighted by atomic mass is 79.9. The molecule has 1 aromatic heterocycles. The molecule has 0 unspecified atom stereocenters. The van der Waals surface area contributed by atoms with Gasteiger partial charge in [0.2, 0.25) is 0 Å². The maximum atomic E-state index is 14.0. The number of nitro benzene ring substituents is 1. The second-order valence-electron chi connectivity index (χ2n) is 8.08. The van der Waals surface area contributed by atoms with E-state index in [2.05, 4.69) is 15.9 Å². The average Bonchev–Trinajstić information content (AvgIpc) is 2.95. The SMILES string of the molecule is COC(=O)c1c(-c2cc(Br)c(OC)c(OC)c2)c2cc(OC)c(OC)cc2c(=O)n1-c1cccc([N+](=O)[O-])c1. The third kappa shape index (κ3) is 4.74. The van der Waals surface area contributed by atoms with Gasteiger partial charge in [-0.3, -0.25) is 19.5 Å². The van der Waals surface area contributed by atoms with E-state index in [4.69, 9.17) is 23.7 Å². The number of ether oxygens (including phenoxy) is 5. The van der Waals surface area contributed by atoms with Crippen molar-refractivity contribution in [2.45, 2.75) is 0 Å². The fourth-order valence-corrected chi connectivity index (χ4v) is 4.96. The predicted molar refractivity (Wildman–Crippen MR) is 147 cm³/mol. The number of nitro groups is 1. The molecular formula is C27H23BrN2O9. The van der Waals surface area contributed by atoms with Gasteiger partial charge in [0.05, 0.1) is 56.0 Å². The second-order valence-corrected chi connectivity index (χ2v) is 8.93. The van der Waals surface area contributed by atoms with E-state index in [0.717, 1.165) is 4.57 Å². The van der Waals surface area contributed by atoms with E-state index in [-0.39, 0.29) is 33.8 Å². The van der Waals surface area contributed by atoms with Crippen LogP contribution in [0.5, 0.6) is 23.0 Å². The molecule has 0 fully saturated rings. The fourth-order valence-electron chi connectivity index (χ4n) is 4.36. The van der Waals surface area contributed by atoms with Crippen LogP contribution < -0.4 is 24.5 Å². The highest BCUT2D eigenvalue weighted by Crippen LogP contribution is 2.44. The highest BCUT2D eigenvalue weighted by Gasteiger charge is 2.28. The summed E-state index contributed by atoms with van der Waals surface area (Å²) < 4.78 is 28.6. The molecule has 0 amide bonds. The minimum Gasteiger partial charge on any atom is -0.493 e. The monoisotopic (exact) mass is 598 g/mol. The lowest BCUT2D eigenvalue weighted by Gasteiger charge is -2.21. The van der Waals surface area contributed by atoms with Gasteiger partial charge < -0.3 is 23.7 Å². The highest BCUT2D eigenvalue weighted by molar-refractivity contribution is 9.10. The minimum absolute atomic E-state index is 0.0899. The standard InChI is InChI=1S/C27H23BrN2O9/c1-35-20-12-17-18(13-21(20)36-2)26(31)29(15-7-6-8-16(11-15)30(33)34)24(27(32)39-5)23(17)14-9-19(28)25(38-4)22(10-14)37-3/h6-13H,1-5H3. The van der Waals surface area contributed by atoms with Gasteiger partial charge in [-0.15, -0.1) is 0 Å². The van der Waals surface area contributed by atoms with Crippen molar-refractivity contribution in [2.24, 2.45) is 0 Å². The molecule has 0 aliphatic carbocycles. The molecule has 0 atom stereocenters. The van der Waals surface area contributed by atoms with Crippen LogP contribution in [0.15, 0.2) is 57.8 Å². The van der Waals surface area contributed by atoms with Crippen LogP contribution in [0.2, 0.25) is 0 Å². The van der Waals surface area contributed by atoms with Gasteiger partial charge in [-0.2, -0.15) is 0 Å². The minimum atomic E-state index is -0.851. The maximum Gasteiger partial charge on any atom is 0.355 e. The van der Waals surface area contributed by atoms with Gasteiger partial charge in [0, 0.05) is 23.1 Å². The summed E-state index contributed by atoms with van der Waals surface area (Å²) in [7, 11) is 7.00. The number of nitrogens with zero attached hydrogens (tertiary/aromatic N) is 2. The first-order valence-electron chi connectivity index (χ1n) is 11.3. The Labute approximate surface area is 230 Å². The third-order valence-electron chi connectivity index (χ3n) is 6.09. The number of non-ortho nitro benzene ring substituents is 1. The van der Waals surface area contributed by atoms with Gasteiger partial charge in [0.1, 0.15) is 5.69 Å². The van der Waals surface area contributed by atoms with Crippen molar-refractivity contribution in [2.75, 3.05) is 35.5 Å². The summed E-state index contributed by atoms with van der Waals surface area (Å²) in [5.74, 6) is 0.499. The Morgan fingerprint density at radius 2 is 1.51 bits per heavy atom. The van der Waals surface area contributed by atoms with E-state index in [1.54, 1.807) is 18.2 Å². The number of hydrogen-bond donors (Lipinski definition) is 0. The lowest BCUT2D eigenvalue weighted by Crippen LogP contribution is -2.27. The van der Waals surface area contributed by atoms with E-state index in [9.17, 15) is 19.7 Å². The molecule has 4 rings (SSSR count). The Balaban J connectivity index is 2.30. The number of esters is 1. The summed E-state index contributed by atoms with van der Waals surface area (Å²) in [6, 6.07) is 11.8. The Morgan fingerprint density at radius 3 is 2.08 bits per heavy atom. The molecule has 0 radical (unpaired) electrons. The first-order valence-corrected chi connectivity index (χ1v) is 12.1. The first kappa shape index (κ1) is 27.5. The first-order chi connectivity index (χ1) is 18.7. The van der Waals surface area contributed by atoms with E-state index in [1.165, 1.54) is 65.9 Å². The molecule has 202 valence electrons. The Kier molecular flexibility index (Phi) is 7.77. The van der Waals surface area contributed by atoms with Gasteiger partial charge in [-0.05, 0) is 51.8 Å². The van der Waals surface area contributed by atoms with Crippen molar-refractivity contribution in [3.8, 4) is 39.8 Å². The summed E-state index contributed by atoms with van der Waals surface area (Å²) in [4.78, 5) is 38.4. The van der Waals surface area contributed by atoms with Crippen molar-refractivity contribution < 1.29 is 33.4 Å². The molecule has 12 heteroatoms. The molecule has 0 N–H and O–H groups in total. The number of fused-ring (bicyclic) bond motifs is 1. The number of carbonyl (C=O) groups is 1. The predicted octanol–water partition coefficient (Wildman–Crippen LogP) is 5.15. The van der Waals surface area contributed by atoms with Gasteiger partial charge in [-0.1, -0.05) is 6.07 Å². The normalized spacial score (nSPS) is 10.7. The van der Waals surface area contributed by atoms with E-state index < -0.39 is 16.5 Å². The van der Waals surface area contributed by atoms with Crippen LogP contribution in [0.3, 0.4) is 0 Å². The molecule has 3 aromatic carbocycles. The molecule has 0 spiro atoms. The molecule has 0 saturated carbocycles. The summed E-state index contributed by atoms with van der Waals surface area (Å²) in [5.41, 5.74) is -0.232. The van der Waals surface area contributed by atoms with E-state index >= 15 is 0 Å². The summed E-state index contributed by atoms with van der Waals surface area (Å²) in [6.07, 6.45) is 0. The van der Waals surface area contributed by atoms with Crippen molar-refractivity contribution in [1.82, 2.24) is 4.57 Å². The molecule has 0 aliphatic heterocycles. The largest absolute Gasteiger partial charge is 0.493 e. The van der Waals surface area contributed by atoms with Crippen molar-refractivity contribution >= 4 is 38.4 Å². The van der Waals surface area contributed by atoms with Gasteiger partial charge >= 0.3 is 5.97 Å². The van der Waals surface area contributed by atoms with Crippen molar-refractivity contribution in [3.05, 3.63) is 79.2 Å². The lowest BCUT2D eigenvalue weighted by molar-refractivity contribution is -0.384. The Hall–Kier alpha value is -4.58. The summed E-state index contributed by atoms with van der Waals surface area (Å²) in [5, 5.41) is 12.0. The zero-order chi connectivity index (χ0) is 28.4. The van der Waals surface area contributed by atoms with Crippen LogP contribution in [0.25, 0.3) is 27.6 Å². The molecule has 0 bridgehead atoms. The molecule has 11 nitrogen and oxygen atoms in total. The number of carbonyl (C=O) groups excluding carboxylic acids is 1. The van der Waals surface area contributed by atoms with E-state index in [0.29, 0.717) is 32.7 Å².